The third kappa shape index (κ3) is 3.67. The zero-order valence-electron chi connectivity index (χ0n) is 11.1. The van der Waals surface area contributed by atoms with Crippen LogP contribution in [0.5, 0.6) is 0 Å². The van der Waals surface area contributed by atoms with Crippen LogP contribution >= 0.6 is 15.9 Å². The number of halogens is 2. The van der Waals surface area contributed by atoms with E-state index < -0.39 is 0 Å². The lowest BCUT2D eigenvalue weighted by Gasteiger charge is -2.08. The largest absolute Gasteiger partial charge is 0.352 e. The Kier molecular flexibility index (Phi) is 4.90. The van der Waals surface area contributed by atoms with Crippen molar-refractivity contribution in [2.24, 2.45) is 0 Å². The summed E-state index contributed by atoms with van der Waals surface area (Å²) < 4.78 is 13.4. The van der Waals surface area contributed by atoms with Gasteiger partial charge in [-0.05, 0) is 58.6 Å². The Balaban J connectivity index is 1.94. The van der Waals surface area contributed by atoms with Crippen molar-refractivity contribution in [3.8, 4) is 0 Å². The molecule has 0 aromatic heterocycles. The lowest BCUT2D eigenvalue weighted by Crippen LogP contribution is -2.26. The molecule has 0 unspecified atom stereocenters. The van der Waals surface area contributed by atoms with Crippen LogP contribution in [0.15, 0.2) is 46.9 Å². The van der Waals surface area contributed by atoms with Gasteiger partial charge < -0.3 is 5.32 Å². The first-order valence-electron chi connectivity index (χ1n) is 6.35. The summed E-state index contributed by atoms with van der Waals surface area (Å²) in [5.74, 6) is -0.571. The maximum Gasteiger partial charge on any atom is 0.252 e. The van der Waals surface area contributed by atoms with Gasteiger partial charge in [0.25, 0.3) is 5.91 Å². The third-order valence-electron chi connectivity index (χ3n) is 3.12. The highest BCUT2D eigenvalue weighted by Gasteiger charge is 2.10. The van der Waals surface area contributed by atoms with Gasteiger partial charge in [-0.15, -0.1) is 0 Å². The fraction of sp³-hybridized carbons (Fsp3) is 0.188. The average Bonchev–Trinajstić information content (AvgIpc) is 2.40. The Labute approximate surface area is 126 Å². The maximum absolute atomic E-state index is 13.0. The summed E-state index contributed by atoms with van der Waals surface area (Å²) in [5.41, 5.74) is 2.87. The predicted octanol–water partition coefficient (Wildman–Crippen LogP) is 3.87. The van der Waals surface area contributed by atoms with Gasteiger partial charge in [0.05, 0.1) is 5.56 Å². The van der Waals surface area contributed by atoms with Crippen molar-refractivity contribution in [2.75, 3.05) is 6.54 Å². The Morgan fingerprint density at radius 2 is 2.00 bits per heavy atom. The summed E-state index contributed by atoms with van der Waals surface area (Å²) in [6.45, 7) is 2.60. The number of amides is 1. The van der Waals surface area contributed by atoms with E-state index in [1.165, 1.54) is 29.3 Å². The number of aryl methyl sites for hydroxylation is 1. The summed E-state index contributed by atoms with van der Waals surface area (Å²) in [4.78, 5) is 12.0. The van der Waals surface area contributed by atoms with Crippen LogP contribution in [0.25, 0.3) is 0 Å². The topological polar surface area (TPSA) is 29.1 Å². The van der Waals surface area contributed by atoms with Crippen LogP contribution in [0, 0.1) is 12.7 Å². The van der Waals surface area contributed by atoms with Gasteiger partial charge >= 0.3 is 0 Å². The molecule has 2 aromatic carbocycles. The number of benzene rings is 2. The quantitative estimate of drug-likeness (QED) is 0.902. The Morgan fingerprint density at radius 3 is 2.70 bits per heavy atom. The van der Waals surface area contributed by atoms with Crippen molar-refractivity contribution in [1.29, 1.82) is 0 Å². The minimum absolute atomic E-state index is 0.203. The zero-order chi connectivity index (χ0) is 14.5. The molecule has 2 aromatic rings. The molecule has 0 fully saturated rings. The monoisotopic (exact) mass is 335 g/mol. The van der Waals surface area contributed by atoms with Crippen molar-refractivity contribution in [2.45, 2.75) is 13.3 Å². The van der Waals surface area contributed by atoms with Crippen LogP contribution in [0.4, 0.5) is 4.39 Å². The lowest BCUT2D eigenvalue weighted by atomic mass is 10.1. The molecule has 104 valence electrons. The van der Waals surface area contributed by atoms with Gasteiger partial charge in [0.1, 0.15) is 5.82 Å². The summed E-state index contributed by atoms with van der Waals surface area (Å²) in [6, 6.07) is 12.1. The standard InChI is InChI=1S/C16H15BrFNO/c1-11-4-2-3-5-12(11)8-9-19-16(20)14-7-6-13(18)10-15(14)17/h2-7,10H,8-9H2,1H3,(H,19,20). The average molecular weight is 336 g/mol. The molecule has 1 amide bonds. The number of carbonyl (C=O) groups is 1. The van der Waals surface area contributed by atoms with Crippen molar-refractivity contribution in [3.05, 3.63) is 69.4 Å². The summed E-state index contributed by atoms with van der Waals surface area (Å²) in [6.07, 6.45) is 0.775. The number of nitrogens with one attached hydrogen (secondary N) is 1. The Morgan fingerprint density at radius 1 is 1.25 bits per heavy atom. The van der Waals surface area contributed by atoms with Crippen LogP contribution in [-0.2, 0) is 6.42 Å². The molecule has 0 aliphatic rings. The normalized spacial score (nSPS) is 10.3. The van der Waals surface area contributed by atoms with Gasteiger partial charge in [-0.3, -0.25) is 4.79 Å². The highest BCUT2D eigenvalue weighted by Crippen LogP contribution is 2.17. The molecule has 2 nitrogen and oxygen atoms in total. The molecule has 0 saturated heterocycles. The maximum atomic E-state index is 13.0. The second kappa shape index (κ2) is 6.66. The van der Waals surface area contributed by atoms with E-state index in [4.69, 9.17) is 0 Å². The fourth-order valence-electron chi connectivity index (χ4n) is 1.97. The number of carbonyl (C=O) groups excluding carboxylic acids is 1. The molecule has 0 radical (unpaired) electrons. The molecule has 4 heteroatoms. The minimum Gasteiger partial charge on any atom is -0.352 e. The first kappa shape index (κ1) is 14.7. The lowest BCUT2D eigenvalue weighted by molar-refractivity contribution is 0.0953. The van der Waals surface area contributed by atoms with E-state index in [-0.39, 0.29) is 11.7 Å². The minimum atomic E-state index is -0.367. The molecule has 20 heavy (non-hydrogen) atoms. The summed E-state index contributed by atoms with van der Waals surface area (Å²) in [5, 5.41) is 2.84. The van der Waals surface area contributed by atoms with E-state index in [2.05, 4.69) is 27.3 Å². The van der Waals surface area contributed by atoms with Crippen molar-refractivity contribution in [3.63, 3.8) is 0 Å². The Bertz CT molecular complexity index is 628. The van der Waals surface area contributed by atoms with E-state index in [0.29, 0.717) is 16.6 Å². The number of hydrogen-bond acceptors (Lipinski definition) is 1. The fourth-order valence-corrected chi connectivity index (χ4v) is 2.50. The van der Waals surface area contributed by atoms with E-state index in [0.717, 1.165) is 6.42 Å². The van der Waals surface area contributed by atoms with Crippen molar-refractivity contribution >= 4 is 21.8 Å². The summed E-state index contributed by atoms with van der Waals surface area (Å²) in [7, 11) is 0. The van der Waals surface area contributed by atoms with Gasteiger partial charge in [-0.2, -0.15) is 0 Å². The molecule has 0 aliphatic carbocycles. The third-order valence-corrected chi connectivity index (χ3v) is 3.77. The molecule has 0 spiro atoms. The van der Waals surface area contributed by atoms with Crippen LogP contribution in [0.2, 0.25) is 0 Å². The molecule has 0 aliphatic heterocycles. The van der Waals surface area contributed by atoms with Gasteiger partial charge in [-0.25, -0.2) is 4.39 Å². The van der Waals surface area contributed by atoms with E-state index >= 15 is 0 Å². The van der Waals surface area contributed by atoms with Gasteiger partial charge in [0.2, 0.25) is 0 Å². The van der Waals surface area contributed by atoms with Crippen LogP contribution in [-0.4, -0.2) is 12.5 Å². The molecule has 0 heterocycles. The van der Waals surface area contributed by atoms with E-state index in [9.17, 15) is 9.18 Å². The molecule has 0 atom stereocenters. The van der Waals surface area contributed by atoms with Crippen molar-refractivity contribution in [1.82, 2.24) is 5.32 Å². The van der Waals surface area contributed by atoms with E-state index in [1.54, 1.807) is 0 Å². The van der Waals surface area contributed by atoms with Crippen LogP contribution in [0.1, 0.15) is 21.5 Å². The summed E-state index contributed by atoms with van der Waals surface area (Å²) >= 11 is 3.20. The Hall–Kier alpha value is -1.68. The highest BCUT2D eigenvalue weighted by atomic mass is 79.9. The molecule has 2 rings (SSSR count). The molecule has 0 saturated carbocycles. The second-order valence-electron chi connectivity index (χ2n) is 4.56. The molecule has 0 bridgehead atoms. The van der Waals surface area contributed by atoms with Crippen LogP contribution < -0.4 is 5.32 Å². The second-order valence-corrected chi connectivity index (χ2v) is 5.41. The number of rotatable bonds is 4. The smallest absolute Gasteiger partial charge is 0.252 e. The molecular formula is C16H15BrFNO. The molecular weight excluding hydrogens is 321 g/mol. The van der Waals surface area contributed by atoms with E-state index in [1.807, 2.05) is 25.1 Å². The van der Waals surface area contributed by atoms with Gasteiger partial charge in [0.15, 0.2) is 0 Å². The highest BCUT2D eigenvalue weighted by molar-refractivity contribution is 9.10. The zero-order valence-corrected chi connectivity index (χ0v) is 12.7. The molecule has 1 N–H and O–H groups in total. The van der Waals surface area contributed by atoms with Gasteiger partial charge in [-0.1, -0.05) is 24.3 Å². The number of hydrogen-bond donors (Lipinski definition) is 1. The predicted molar refractivity (Wildman–Crippen MR) is 81.3 cm³/mol. The van der Waals surface area contributed by atoms with Crippen molar-refractivity contribution < 1.29 is 9.18 Å². The van der Waals surface area contributed by atoms with Gasteiger partial charge in [0, 0.05) is 11.0 Å². The van der Waals surface area contributed by atoms with Crippen LogP contribution in [0.3, 0.4) is 0 Å². The first-order valence-corrected chi connectivity index (χ1v) is 7.15. The first-order chi connectivity index (χ1) is 9.58. The SMILES string of the molecule is Cc1ccccc1CCNC(=O)c1ccc(F)cc1Br.